The second-order valence-electron chi connectivity index (χ2n) is 7.17. The summed E-state index contributed by atoms with van der Waals surface area (Å²) in [6.07, 6.45) is 0. The Balaban J connectivity index is 1.42. The highest BCUT2D eigenvalue weighted by Crippen LogP contribution is 2.22. The normalized spacial score (nSPS) is 21.9. The third kappa shape index (κ3) is 4.90. The van der Waals surface area contributed by atoms with Gasteiger partial charge in [-0.1, -0.05) is 6.92 Å². The molecule has 3 rings (SSSR count). The molecule has 1 aromatic heterocycles. The molecule has 0 amide bonds. The quantitative estimate of drug-likeness (QED) is 0.620. The van der Waals surface area contributed by atoms with Gasteiger partial charge in [-0.3, -0.25) is 9.89 Å². The summed E-state index contributed by atoms with van der Waals surface area (Å²) in [7, 11) is 1.90. The van der Waals surface area contributed by atoms with Crippen LogP contribution < -0.4 is 10.2 Å². The maximum atomic E-state index is 4.53. The van der Waals surface area contributed by atoms with Crippen LogP contribution >= 0.6 is 11.3 Å². The van der Waals surface area contributed by atoms with Gasteiger partial charge in [0, 0.05) is 72.0 Å². The molecule has 0 saturated carbocycles. The van der Waals surface area contributed by atoms with Gasteiger partial charge in [0.25, 0.3) is 0 Å². The molecule has 2 saturated heterocycles. The van der Waals surface area contributed by atoms with Gasteiger partial charge in [-0.05, 0) is 31.0 Å². The van der Waals surface area contributed by atoms with Crippen molar-refractivity contribution in [2.75, 3.05) is 77.4 Å². The lowest BCUT2D eigenvalue weighted by molar-refractivity contribution is 0.107. The first kappa shape index (κ1) is 19.5. The monoisotopic (exact) mass is 378 g/mol. The number of guanidine groups is 1. The minimum absolute atomic E-state index is 0.540. The number of piperazine rings is 2. The van der Waals surface area contributed by atoms with Gasteiger partial charge in [-0.25, -0.2) is 0 Å². The van der Waals surface area contributed by atoms with Crippen molar-refractivity contribution in [3.8, 4) is 0 Å². The molecular formula is C19H34N6S. The summed E-state index contributed by atoms with van der Waals surface area (Å²) in [5.41, 5.74) is 0. The van der Waals surface area contributed by atoms with E-state index in [0.29, 0.717) is 6.04 Å². The largest absolute Gasteiger partial charge is 0.360 e. The third-order valence-electron chi connectivity index (χ3n) is 5.64. The van der Waals surface area contributed by atoms with Crippen LogP contribution in [-0.4, -0.2) is 99.2 Å². The Morgan fingerprint density at radius 1 is 1.15 bits per heavy atom. The van der Waals surface area contributed by atoms with Crippen LogP contribution in [0, 0.1) is 0 Å². The average molecular weight is 379 g/mol. The van der Waals surface area contributed by atoms with E-state index in [-0.39, 0.29) is 0 Å². The number of hydrogen-bond acceptors (Lipinski definition) is 5. The number of rotatable bonds is 5. The average Bonchev–Trinajstić information content (AvgIpc) is 3.23. The molecule has 146 valence electrons. The maximum Gasteiger partial charge on any atom is 0.193 e. The van der Waals surface area contributed by atoms with Crippen LogP contribution in [0.3, 0.4) is 0 Å². The lowest BCUT2D eigenvalue weighted by Gasteiger charge is -2.39. The highest BCUT2D eigenvalue weighted by Gasteiger charge is 2.23. The summed E-state index contributed by atoms with van der Waals surface area (Å²) in [5.74, 6) is 1.05. The van der Waals surface area contributed by atoms with E-state index < -0.39 is 0 Å². The predicted octanol–water partition coefficient (Wildman–Crippen LogP) is 1.47. The van der Waals surface area contributed by atoms with Gasteiger partial charge in [-0.15, -0.1) is 11.3 Å². The molecule has 0 bridgehead atoms. The van der Waals surface area contributed by atoms with Gasteiger partial charge in [0.15, 0.2) is 5.96 Å². The number of nitrogens with one attached hydrogen (secondary N) is 1. The Bertz CT molecular complexity index is 544. The van der Waals surface area contributed by atoms with E-state index in [0.717, 1.165) is 38.7 Å². The number of aliphatic imine (C=N–C) groups is 1. The Kier molecular flexibility index (Phi) is 7.16. The molecule has 2 aliphatic rings. The molecule has 0 spiro atoms. The minimum atomic E-state index is 0.540. The lowest BCUT2D eigenvalue weighted by Crippen LogP contribution is -2.55. The number of anilines is 1. The molecule has 1 unspecified atom stereocenters. The van der Waals surface area contributed by atoms with Crippen molar-refractivity contribution in [3.63, 3.8) is 0 Å². The van der Waals surface area contributed by atoms with E-state index in [9.17, 15) is 0 Å². The van der Waals surface area contributed by atoms with E-state index in [1.807, 2.05) is 18.4 Å². The third-order valence-corrected chi connectivity index (χ3v) is 6.57. The SMILES string of the molecule is CCN1CCN(C(C)CNC(=NC)N2CCN(c3cccs3)CC2)CC1. The summed E-state index contributed by atoms with van der Waals surface area (Å²) in [6.45, 7) is 15.6. The lowest BCUT2D eigenvalue weighted by atomic mass is 10.2. The maximum absolute atomic E-state index is 4.53. The zero-order valence-electron chi connectivity index (χ0n) is 16.5. The Morgan fingerprint density at radius 2 is 1.88 bits per heavy atom. The number of nitrogens with zero attached hydrogens (tertiary/aromatic N) is 5. The zero-order valence-corrected chi connectivity index (χ0v) is 17.3. The highest BCUT2D eigenvalue weighted by molar-refractivity contribution is 7.14. The van der Waals surface area contributed by atoms with Gasteiger partial charge in [0.1, 0.15) is 0 Å². The van der Waals surface area contributed by atoms with Gasteiger partial charge >= 0.3 is 0 Å². The fourth-order valence-corrected chi connectivity index (χ4v) is 4.59. The molecular weight excluding hydrogens is 344 g/mol. The van der Waals surface area contributed by atoms with Crippen molar-refractivity contribution in [1.29, 1.82) is 0 Å². The molecule has 26 heavy (non-hydrogen) atoms. The van der Waals surface area contributed by atoms with Gasteiger partial charge in [0.2, 0.25) is 0 Å². The Hall–Kier alpha value is -1.31. The first-order valence-electron chi connectivity index (χ1n) is 9.91. The Labute approximate surface area is 162 Å². The first-order chi connectivity index (χ1) is 12.7. The second kappa shape index (κ2) is 9.58. The summed E-state index contributed by atoms with van der Waals surface area (Å²) in [5, 5.41) is 7.15. The topological polar surface area (TPSA) is 37.4 Å². The summed E-state index contributed by atoms with van der Waals surface area (Å²) >= 11 is 1.83. The molecule has 0 aromatic carbocycles. The van der Waals surface area contributed by atoms with Crippen LogP contribution in [0.4, 0.5) is 5.00 Å². The smallest absolute Gasteiger partial charge is 0.193 e. The predicted molar refractivity (Wildman–Crippen MR) is 113 cm³/mol. The standard InChI is InChI=1S/C19H34N6S/c1-4-22-7-9-23(10-8-22)17(2)16-21-19(20-3)25-13-11-24(12-14-25)18-6-5-15-26-18/h5-6,15,17H,4,7-14,16H2,1-3H3,(H,20,21). The molecule has 7 heteroatoms. The fraction of sp³-hybridized carbons (Fsp3) is 0.737. The van der Waals surface area contributed by atoms with Crippen molar-refractivity contribution in [1.82, 2.24) is 20.0 Å². The van der Waals surface area contributed by atoms with E-state index in [1.165, 1.54) is 37.7 Å². The van der Waals surface area contributed by atoms with Crippen LogP contribution in [0.5, 0.6) is 0 Å². The molecule has 2 aliphatic heterocycles. The zero-order chi connectivity index (χ0) is 18.4. The van der Waals surface area contributed by atoms with E-state index >= 15 is 0 Å². The summed E-state index contributed by atoms with van der Waals surface area (Å²) < 4.78 is 0. The number of thiophene rings is 1. The van der Waals surface area contributed by atoms with Crippen LogP contribution in [-0.2, 0) is 0 Å². The Morgan fingerprint density at radius 3 is 2.46 bits per heavy atom. The highest BCUT2D eigenvalue weighted by atomic mass is 32.1. The van der Waals surface area contributed by atoms with Crippen molar-refractivity contribution >= 4 is 22.3 Å². The summed E-state index contributed by atoms with van der Waals surface area (Å²) in [4.78, 5) is 14.5. The first-order valence-corrected chi connectivity index (χ1v) is 10.8. The fourth-order valence-electron chi connectivity index (χ4n) is 3.81. The van der Waals surface area contributed by atoms with Crippen LogP contribution in [0.15, 0.2) is 22.5 Å². The van der Waals surface area contributed by atoms with Crippen LogP contribution in [0.25, 0.3) is 0 Å². The molecule has 0 radical (unpaired) electrons. The van der Waals surface area contributed by atoms with E-state index in [4.69, 9.17) is 0 Å². The molecule has 1 aromatic rings. The van der Waals surface area contributed by atoms with Crippen molar-refractivity contribution in [3.05, 3.63) is 17.5 Å². The molecule has 0 aliphatic carbocycles. The van der Waals surface area contributed by atoms with Crippen molar-refractivity contribution in [2.24, 2.45) is 4.99 Å². The number of hydrogen-bond donors (Lipinski definition) is 1. The van der Waals surface area contributed by atoms with Crippen molar-refractivity contribution in [2.45, 2.75) is 19.9 Å². The summed E-state index contributed by atoms with van der Waals surface area (Å²) in [6, 6.07) is 4.89. The minimum Gasteiger partial charge on any atom is -0.360 e. The van der Waals surface area contributed by atoms with Crippen LogP contribution in [0.2, 0.25) is 0 Å². The molecule has 2 fully saturated rings. The van der Waals surface area contributed by atoms with Gasteiger partial charge in [-0.2, -0.15) is 0 Å². The number of likely N-dealkylation sites (N-methyl/N-ethyl adjacent to an activating group) is 1. The molecule has 1 atom stereocenters. The van der Waals surface area contributed by atoms with Crippen LogP contribution in [0.1, 0.15) is 13.8 Å². The van der Waals surface area contributed by atoms with Gasteiger partial charge in [0.05, 0.1) is 5.00 Å². The molecule has 1 N–H and O–H groups in total. The second-order valence-corrected chi connectivity index (χ2v) is 8.10. The van der Waals surface area contributed by atoms with E-state index in [1.54, 1.807) is 0 Å². The van der Waals surface area contributed by atoms with E-state index in [2.05, 4.69) is 61.3 Å². The van der Waals surface area contributed by atoms with Gasteiger partial charge < -0.3 is 20.0 Å². The van der Waals surface area contributed by atoms with Crippen molar-refractivity contribution < 1.29 is 0 Å². The molecule has 6 nitrogen and oxygen atoms in total. The molecule has 3 heterocycles.